The van der Waals surface area contributed by atoms with Gasteiger partial charge < -0.3 is 4.74 Å². The Bertz CT molecular complexity index is 179. The van der Waals surface area contributed by atoms with Gasteiger partial charge in [0.2, 0.25) is 0 Å². The fraction of sp³-hybridized carbons (Fsp3) is 1.00. The third kappa shape index (κ3) is 1.94. The standard InChI is InChI=1S/C7H12F3NOS/c1-3-12-6(7(8,9)10)4-11(5-6)13-2/h3-5H2,1-2H3. The van der Waals surface area contributed by atoms with Gasteiger partial charge in [-0.25, -0.2) is 4.31 Å². The third-order valence-electron chi connectivity index (χ3n) is 2.06. The van der Waals surface area contributed by atoms with E-state index in [0.29, 0.717) is 0 Å². The molecule has 0 atom stereocenters. The summed E-state index contributed by atoms with van der Waals surface area (Å²) >= 11 is 1.31. The van der Waals surface area contributed by atoms with Crippen LogP contribution in [0.25, 0.3) is 0 Å². The number of ether oxygens (including phenoxy) is 1. The number of nitrogens with zero attached hydrogens (tertiary/aromatic N) is 1. The van der Waals surface area contributed by atoms with Crippen molar-refractivity contribution in [3.8, 4) is 0 Å². The van der Waals surface area contributed by atoms with Crippen molar-refractivity contribution >= 4 is 11.9 Å². The van der Waals surface area contributed by atoms with Gasteiger partial charge in [0.15, 0.2) is 5.60 Å². The maximum atomic E-state index is 12.5. The number of hydrogen-bond donors (Lipinski definition) is 0. The van der Waals surface area contributed by atoms with Crippen LogP contribution in [0.2, 0.25) is 0 Å². The minimum atomic E-state index is -4.25. The Kier molecular flexibility index (Phi) is 3.14. The van der Waals surface area contributed by atoms with Crippen LogP contribution in [0.3, 0.4) is 0 Å². The maximum Gasteiger partial charge on any atom is 0.420 e. The van der Waals surface area contributed by atoms with Gasteiger partial charge in [-0.1, -0.05) is 11.9 Å². The molecule has 0 unspecified atom stereocenters. The molecule has 0 saturated carbocycles. The van der Waals surface area contributed by atoms with Crippen molar-refractivity contribution in [1.29, 1.82) is 0 Å². The van der Waals surface area contributed by atoms with E-state index in [1.54, 1.807) is 17.5 Å². The molecule has 0 bridgehead atoms. The fourth-order valence-electron chi connectivity index (χ4n) is 1.28. The zero-order valence-corrected chi connectivity index (χ0v) is 8.34. The molecule has 0 radical (unpaired) electrons. The molecule has 0 spiro atoms. The van der Waals surface area contributed by atoms with E-state index >= 15 is 0 Å². The molecule has 0 aromatic heterocycles. The number of alkyl halides is 3. The van der Waals surface area contributed by atoms with Gasteiger partial charge in [0.25, 0.3) is 0 Å². The van der Waals surface area contributed by atoms with E-state index < -0.39 is 11.8 Å². The molecule has 6 heteroatoms. The highest BCUT2D eigenvalue weighted by molar-refractivity contribution is 7.96. The first kappa shape index (κ1) is 11.1. The summed E-state index contributed by atoms with van der Waals surface area (Å²) in [6.45, 7) is 1.55. The zero-order valence-electron chi connectivity index (χ0n) is 7.52. The van der Waals surface area contributed by atoms with E-state index in [4.69, 9.17) is 4.74 Å². The quantitative estimate of drug-likeness (QED) is 0.667. The van der Waals surface area contributed by atoms with Crippen LogP contribution in [-0.4, -0.2) is 42.0 Å². The number of halogens is 3. The molecule has 0 N–H and O–H groups in total. The van der Waals surface area contributed by atoms with Crippen molar-refractivity contribution in [1.82, 2.24) is 4.31 Å². The second kappa shape index (κ2) is 3.67. The summed E-state index contributed by atoms with van der Waals surface area (Å²) in [4.78, 5) is 0. The molecule has 0 amide bonds. The molecule has 1 rings (SSSR count). The third-order valence-corrected chi connectivity index (χ3v) is 2.83. The van der Waals surface area contributed by atoms with Crippen LogP contribution in [0.4, 0.5) is 13.2 Å². The van der Waals surface area contributed by atoms with E-state index in [0.717, 1.165) is 0 Å². The Morgan fingerprint density at radius 2 is 2.00 bits per heavy atom. The van der Waals surface area contributed by atoms with Gasteiger partial charge in [-0.15, -0.1) is 0 Å². The molecule has 0 aromatic carbocycles. The minimum absolute atomic E-state index is 0.0640. The van der Waals surface area contributed by atoms with Crippen LogP contribution in [0.5, 0.6) is 0 Å². The summed E-state index contributed by atoms with van der Waals surface area (Å²) in [6.07, 6.45) is -2.50. The smallest absolute Gasteiger partial charge is 0.363 e. The Morgan fingerprint density at radius 1 is 1.46 bits per heavy atom. The Balaban J connectivity index is 2.60. The molecular formula is C7H12F3NOS. The van der Waals surface area contributed by atoms with E-state index in [-0.39, 0.29) is 19.7 Å². The van der Waals surface area contributed by atoms with Crippen molar-refractivity contribution < 1.29 is 17.9 Å². The molecule has 78 valence electrons. The molecule has 1 aliphatic heterocycles. The molecule has 0 aromatic rings. The predicted octanol–water partition coefficient (Wildman–Crippen LogP) is 1.92. The predicted molar refractivity (Wildman–Crippen MR) is 45.5 cm³/mol. The van der Waals surface area contributed by atoms with Gasteiger partial charge in [0.05, 0.1) is 0 Å². The normalized spacial score (nSPS) is 22.8. The highest BCUT2D eigenvalue weighted by atomic mass is 32.2. The lowest BCUT2D eigenvalue weighted by atomic mass is 9.96. The lowest BCUT2D eigenvalue weighted by molar-refractivity contribution is -0.305. The van der Waals surface area contributed by atoms with E-state index in [9.17, 15) is 13.2 Å². The van der Waals surface area contributed by atoms with Gasteiger partial charge in [-0.05, 0) is 13.2 Å². The van der Waals surface area contributed by atoms with Crippen LogP contribution < -0.4 is 0 Å². The van der Waals surface area contributed by atoms with Crippen molar-refractivity contribution in [2.24, 2.45) is 0 Å². The van der Waals surface area contributed by atoms with Crippen LogP contribution in [0.15, 0.2) is 0 Å². The average Bonchev–Trinajstić information content (AvgIpc) is 1.93. The van der Waals surface area contributed by atoms with Crippen molar-refractivity contribution in [3.05, 3.63) is 0 Å². The summed E-state index contributed by atoms with van der Waals surface area (Å²) in [5, 5.41) is 0. The summed E-state index contributed by atoms with van der Waals surface area (Å²) in [5.74, 6) is 0. The molecule has 13 heavy (non-hydrogen) atoms. The van der Waals surface area contributed by atoms with E-state index in [1.165, 1.54) is 11.9 Å². The SMILES string of the molecule is CCOC1(C(F)(F)F)CN(SC)C1. The Hall–Kier alpha value is 0.0600. The van der Waals surface area contributed by atoms with E-state index in [2.05, 4.69) is 0 Å². The molecule has 1 saturated heterocycles. The minimum Gasteiger partial charge on any atom is -0.363 e. The van der Waals surface area contributed by atoms with Crippen molar-refractivity contribution in [2.45, 2.75) is 18.7 Å². The highest BCUT2D eigenvalue weighted by Crippen LogP contribution is 2.42. The zero-order chi connectivity index (χ0) is 10.1. The first-order chi connectivity index (χ1) is 5.95. The van der Waals surface area contributed by atoms with Crippen LogP contribution in [0, 0.1) is 0 Å². The average molecular weight is 215 g/mol. The second-order valence-corrected chi connectivity index (χ2v) is 3.79. The van der Waals surface area contributed by atoms with Gasteiger partial charge in [-0.2, -0.15) is 13.2 Å². The van der Waals surface area contributed by atoms with Crippen LogP contribution >= 0.6 is 11.9 Å². The number of rotatable bonds is 3. The fourth-order valence-corrected chi connectivity index (χ4v) is 1.96. The lowest BCUT2D eigenvalue weighted by Gasteiger charge is -2.48. The van der Waals surface area contributed by atoms with Gasteiger partial charge in [-0.3, -0.25) is 0 Å². The van der Waals surface area contributed by atoms with Crippen molar-refractivity contribution in [2.75, 3.05) is 26.0 Å². The van der Waals surface area contributed by atoms with Crippen LogP contribution in [0.1, 0.15) is 6.92 Å². The topological polar surface area (TPSA) is 12.5 Å². The van der Waals surface area contributed by atoms with Gasteiger partial charge >= 0.3 is 6.18 Å². The monoisotopic (exact) mass is 215 g/mol. The molecular weight excluding hydrogens is 203 g/mol. The van der Waals surface area contributed by atoms with Crippen LogP contribution in [-0.2, 0) is 4.74 Å². The van der Waals surface area contributed by atoms with Gasteiger partial charge in [0.1, 0.15) is 0 Å². The molecule has 1 fully saturated rings. The Labute approximate surface area is 79.6 Å². The summed E-state index contributed by atoms with van der Waals surface area (Å²) in [5.41, 5.74) is -1.91. The van der Waals surface area contributed by atoms with Crippen molar-refractivity contribution in [3.63, 3.8) is 0 Å². The lowest BCUT2D eigenvalue weighted by Crippen LogP contribution is -2.68. The second-order valence-electron chi connectivity index (χ2n) is 2.91. The van der Waals surface area contributed by atoms with E-state index in [1.807, 2.05) is 0 Å². The van der Waals surface area contributed by atoms with Gasteiger partial charge in [0, 0.05) is 19.7 Å². The highest BCUT2D eigenvalue weighted by Gasteiger charge is 2.62. The summed E-state index contributed by atoms with van der Waals surface area (Å²) in [6, 6.07) is 0. The Morgan fingerprint density at radius 3 is 2.31 bits per heavy atom. The first-order valence-corrected chi connectivity index (χ1v) is 5.13. The molecule has 1 heterocycles. The molecule has 1 aliphatic rings. The first-order valence-electron chi connectivity index (χ1n) is 3.95. The molecule has 0 aliphatic carbocycles. The number of hydrogen-bond acceptors (Lipinski definition) is 3. The molecule has 2 nitrogen and oxygen atoms in total. The summed E-state index contributed by atoms with van der Waals surface area (Å²) < 4.78 is 43.9. The summed E-state index contributed by atoms with van der Waals surface area (Å²) in [7, 11) is 0. The largest absolute Gasteiger partial charge is 0.420 e. The maximum absolute atomic E-state index is 12.5.